The van der Waals surface area contributed by atoms with Crippen LogP contribution in [0.15, 0.2) is 48.5 Å². The summed E-state index contributed by atoms with van der Waals surface area (Å²) in [5.74, 6) is 1.89. The number of carbonyl (C=O) groups is 1. The lowest BCUT2D eigenvalue weighted by Gasteiger charge is -2.15. The number of hydrogen-bond donors (Lipinski definition) is 1. The molecular formula is C18H21NO4. The van der Waals surface area contributed by atoms with Crippen LogP contribution >= 0.6 is 0 Å². The van der Waals surface area contributed by atoms with Crippen molar-refractivity contribution in [3.05, 3.63) is 54.1 Å². The molecule has 2 aromatic carbocycles. The first-order chi connectivity index (χ1) is 11.1. The third kappa shape index (κ3) is 4.92. The number of hydrogen-bond acceptors (Lipinski definition) is 4. The molecule has 0 unspecified atom stereocenters. The highest BCUT2D eigenvalue weighted by atomic mass is 16.5. The number of ether oxygens (including phenoxy) is 3. The third-order valence-electron chi connectivity index (χ3n) is 3.40. The Morgan fingerprint density at radius 2 is 1.65 bits per heavy atom. The van der Waals surface area contributed by atoms with Crippen LogP contribution in [0.5, 0.6) is 17.2 Å². The highest BCUT2D eigenvalue weighted by Gasteiger charge is 2.10. The summed E-state index contributed by atoms with van der Waals surface area (Å²) in [6, 6.07) is 14.6. The second kappa shape index (κ2) is 8.08. The molecule has 1 amide bonds. The lowest BCUT2D eigenvalue weighted by Crippen LogP contribution is -2.31. The molecule has 0 bridgehead atoms. The van der Waals surface area contributed by atoms with Crippen LogP contribution in [0.3, 0.4) is 0 Å². The molecule has 1 N–H and O–H groups in total. The van der Waals surface area contributed by atoms with Gasteiger partial charge in [-0.1, -0.05) is 18.2 Å². The molecular weight excluding hydrogens is 294 g/mol. The van der Waals surface area contributed by atoms with Crippen LogP contribution in [0.4, 0.5) is 0 Å². The summed E-state index contributed by atoms with van der Waals surface area (Å²) in [6.07, 6.45) is 0. The maximum Gasteiger partial charge on any atom is 0.258 e. The van der Waals surface area contributed by atoms with Crippen LogP contribution in [0, 0.1) is 0 Å². The molecule has 0 saturated heterocycles. The van der Waals surface area contributed by atoms with E-state index in [2.05, 4.69) is 5.32 Å². The van der Waals surface area contributed by atoms with Gasteiger partial charge in [0.25, 0.3) is 5.91 Å². The molecule has 0 aliphatic heterocycles. The van der Waals surface area contributed by atoms with Crippen molar-refractivity contribution in [1.82, 2.24) is 5.32 Å². The van der Waals surface area contributed by atoms with Gasteiger partial charge in [-0.05, 0) is 36.8 Å². The van der Waals surface area contributed by atoms with E-state index in [4.69, 9.17) is 14.2 Å². The monoisotopic (exact) mass is 315 g/mol. The molecule has 0 aliphatic rings. The summed E-state index contributed by atoms with van der Waals surface area (Å²) < 4.78 is 15.7. The summed E-state index contributed by atoms with van der Waals surface area (Å²) in [5, 5.41) is 2.90. The Labute approximate surface area is 136 Å². The van der Waals surface area contributed by atoms with Crippen LogP contribution in [-0.2, 0) is 4.79 Å². The predicted molar refractivity (Wildman–Crippen MR) is 88.0 cm³/mol. The van der Waals surface area contributed by atoms with Gasteiger partial charge in [0.15, 0.2) is 6.61 Å². The van der Waals surface area contributed by atoms with Gasteiger partial charge in [-0.2, -0.15) is 0 Å². The van der Waals surface area contributed by atoms with Crippen molar-refractivity contribution >= 4 is 5.91 Å². The van der Waals surface area contributed by atoms with Gasteiger partial charge in [0, 0.05) is 6.07 Å². The molecule has 2 rings (SSSR count). The lowest BCUT2D eigenvalue weighted by molar-refractivity contribution is -0.123. The Balaban J connectivity index is 1.85. The number of methoxy groups -OCH3 is 2. The maximum atomic E-state index is 12.0. The van der Waals surface area contributed by atoms with Gasteiger partial charge < -0.3 is 19.5 Å². The molecule has 0 aromatic heterocycles. The van der Waals surface area contributed by atoms with E-state index in [0.29, 0.717) is 11.5 Å². The average molecular weight is 315 g/mol. The van der Waals surface area contributed by atoms with E-state index in [1.165, 1.54) is 0 Å². The highest BCUT2D eigenvalue weighted by molar-refractivity contribution is 5.78. The number of rotatable bonds is 7. The minimum absolute atomic E-state index is 0.0480. The summed E-state index contributed by atoms with van der Waals surface area (Å²) in [4.78, 5) is 12.0. The molecule has 23 heavy (non-hydrogen) atoms. The standard InChI is InChI=1S/C18H21NO4/c1-13(14-7-9-15(21-2)10-8-14)19-18(20)12-23-17-6-4-5-16(11-17)22-3/h4-11,13H,12H2,1-3H3,(H,19,20)/t13-/m0/s1. The Morgan fingerprint density at radius 3 is 2.30 bits per heavy atom. The van der Waals surface area contributed by atoms with Crippen molar-refractivity contribution in [2.24, 2.45) is 0 Å². The van der Waals surface area contributed by atoms with Crippen LogP contribution in [0.1, 0.15) is 18.5 Å². The van der Waals surface area contributed by atoms with E-state index in [9.17, 15) is 4.79 Å². The van der Waals surface area contributed by atoms with Crippen LogP contribution < -0.4 is 19.5 Å². The van der Waals surface area contributed by atoms with E-state index in [1.807, 2.05) is 43.3 Å². The molecule has 122 valence electrons. The fraction of sp³-hybridized carbons (Fsp3) is 0.278. The van der Waals surface area contributed by atoms with Crippen molar-refractivity contribution in [3.8, 4) is 17.2 Å². The van der Waals surface area contributed by atoms with Gasteiger partial charge in [-0.25, -0.2) is 0 Å². The molecule has 0 fully saturated rings. The molecule has 0 heterocycles. The minimum atomic E-state index is -0.184. The zero-order valence-corrected chi connectivity index (χ0v) is 13.5. The second-order valence-corrected chi connectivity index (χ2v) is 5.03. The Hall–Kier alpha value is -2.69. The smallest absolute Gasteiger partial charge is 0.258 e. The van der Waals surface area contributed by atoms with Crippen molar-refractivity contribution in [2.45, 2.75) is 13.0 Å². The fourth-order valence-corrected chi connectivity index (χ4v) is 2.10. The first-order valence-electron chi connectivity index (χ1n) is 7.32. The van der Waals surface area contributed by atoms with Crippen molar-refractivity contribution in [1.29, 1.82) is 0 Å². The Kier molecular flexibility index (Phi) is 5.86. The number of nitrogens with one attached hydrogen (secondary N) is 1. The topological polar surface area (TPSA) is 56.8 Å². The molecule has 0 aliphatic carbocycles. The Morgan fingerprint density at radius 1 is 1.00 bits per heavy atom. The maximum absolute atomic E-state index is 12.0. The molecule has 0 radical (unpaired) electrons. The minimum Gasteiger partial charge on any atom is -0.497 e. The van der Waals surface area contributed by atoms with E-state index in [-0.39, 0.29) is 18.6 Å². The fourth-order valence-electron chi connectivity index (χ4n) is 2.10. The summed E-state index contributed by atoms with van der Waals surface area (Å²) >= 11 is 0. The van der Waals surface area contributed by atoms with Gasteiger partial charge >= 0.3 is 0 Å². The average Bonchev–Trinajstić information content (AvgIpc) is 2.60. The highest BCUT2D eigenvalue weighted by Crippen LogP contribution is 2.19. The second-order valence-electron chi connectivity index (χ2n) is 5.03. The summed E-state index contributed by atoms with van der Waals surface area (Å²) in [5.41, 5.74) is 1.00. The SMILES string of the molecule is COc1ccc([C@H](C)NC(=O)COc2cccc(OC)c2)cc1. The van der Waals surface area contributed by atoms with Crippen molar-refractivity contribution < 1.29 is 19.0 Å². The number of benzene rings is 2. The zero-order chi connectivity index (χ0) is 16.7. The molecule has 5 nitrogen and oxygen atoms in total. The molecule has 0 spiro atoms. The Bertz CT molecular complexity index is 640. The van der Waals surface area contributed by atoms with Gasteiger partial charge in [0.2, 0.25) is 0 Å². The molecule has 0 saturated carbocycles. The predicted octanol–water partition coefficient (Wildman–Crippen LogP) is 2.96. The van der Waals surface area contributed by atoms with Gasteiger partial charge in [-0.15, -0.1) is 0 Å². The molecule has 2 aromatic rings. The van der Waals surface area contributed by atoms with Gasteiger partial charge in [-0.3, -0.25) is 4.79 Å². The van der Waals surface area contributed by atoms with E-state index in [0.717, 1.165) is 11.3 Å². The van der Waals surface area contributed by atoms with Crippen LogP contribution in [-0.4, -0.2) is 26.7 Å². The lowest BCUT2D eigenvalue weighted by atomic mass is 10.1. The third-order valence-corrected chi connectivity index (χ3v) is 3.40. The molecule has 1 atom stereocenters. The van der Waals surface area contributed by atoms with Gasteiger partial charge in [0.1, 0.15) is 17.2 Å². The van der Waals surface area contributed by atoms with Crippen molar-refractivity contribution in [2.75, 3.05) is 20.8 Å². The van der Waals surface area contributed by atoms with E-state index in [1.54, 1.807) is 26.4 Å². The van der Waals surface area contributed by atoms with Crippen molar-refractivity contribution in [3.63, 3.8) is 0 Å². The van der Waals surface area contributed by atoms with Crippen LogP contribution in [0.2, 0.25) is 0 Å². The number of amides is 1. The summed E-state index contributed by atoms with van der Waals surface area (Å²) in [6.45, 7) is 1.87. The number of carbonyl (C=O) groups excluding carboxylic acids is 1. The van der Waals surface area contributed by atoms with Crippen LogP contribution in [0.25, 0.3) is 0 Å². The van der Waals surface area contributed by atoms with E-state index < -0.39 is 0 Å². The van der Waals surface area contributed by atoms with E-state index >= 15 is 0 Å². The zero-order valence-electron chi connectivity index (χ0n) is 13.5. The molecule has 5 heteroatoms. The first kappa shape index (κ1) is 16.7. The quantitative estimate of drug-likeness (QED) is 0.853. The normalized spacial score (nSPS) is 11.4. The summed E-state index contributed by atoms with van der Waals surface area (Å²) in [7, 11) is 3.21. The largest absolute Gasteiger partial charge is 0.497 e. The van der Waals surface area contributed by atoms with Gasteiger partial charge in [0.05, 0.1) is 20.3 Å². The first-order valence-corrected chi connectivity index (χ1v) is 7.32.